The summed E-state index contributed by atoms with van der Waals surface area (Å²) in [6, 6.07) is 15.0. The van der Waals surface area contributed by atoms with Crippen LogP contribution in [0.2, 0.25) is 0 Å². The van der Waals surface area contributed by atoms with Gasteiger partial charge in [-0.1, -0.05) is 18.2 Å². The molecule has 3 aromatic rings. The second-order valence-corrected chi connectivity index (χ2v) is 6.98. The maximum absolute atomic E-state index is 13.0. The third-order valence-electron chi connectivity index (χ3n) is 5.51. The first-order valence-electron chi connectivity index (χ1n) is 8.49. The molecule has 2 aliphatic rings. The Balaban J connectivity index is 1.54. The smallest absolute Gasteiger partial charge is 0.166 e. The van der Waals surface area contributed by atoms with Gasteiger partial charge in [0.15, 0.2) is 5.78 Å². The van der Waals surface area contributed by atoms with E-state index in [9.17, 15) is 4.79 Å². The Kier molecular flexibility index (Phi) is 2.86. The molecule has 0 saturated carbocycles. The minimum absolute atomic E-state index is 0.171. The quantitative estimate of drug-likeness (QED) is 0.718. The summed E-state index contributed by atoms with van der Waals surface area (Å²) >= 11 is 0. The van der Waals surface area contributed by atoms with Crippen LogP contribution in [0.1, 0.15) is 36.0 Å². The number of carbonyl (C=O) groups excluding carboxylic acids is 1. The van der Waals surface area contributed by atoms with E-state index in [4.69, 9.17) is 4.42 Å². The van der Waals surface area contributed by atoms with Gasteiger partial charge in [0.05, 0.1) is 0 Å². The van der Waals surface area contributed by atoms with Crippen LogP contribution in [0, 0.1) is 5.92 Å². The number of para-hydroxylation sites is 1. The van der Waals surface area contributed by atoms with Gasteiger partial charge < -0.3 is 9.73 Å². The molecule has 2 fully saturated rings. The first-order valence-corrected chi connectivity index (χ1v) is 8.49. The maximum Gasteiger partial charge on any atom is 0.166 e. The Morgan fingerprint density at radius 2 is 1.70 bits per heavy atom. The average molecular weight is 305 g/mol. The summed E-state index contributed by atoms with van der Waals surface area (Å²) in [6.07, 6.45) is 4.42. The fourth-order valence-electron chi connectivity index (χ4n) is 4.39. The Labute approximate surface area is 134 Å². The number of rotatable bonds is 2. The zero-order valence-corrected chi connectivity index (χ0v) is 12.9. The van der Waals surface area contributed by atoms with Gasteiger partial charge >= 0.3 is 0 Å². The van der Waals surface area contributed by atoms with Gasteiger partial charge in [0, 0.05) is 34.3 Å². The molecule has 116 valence electrons. The molecule has 0 radical (unpaired) electrons. The van der Waals surface area contributed by atoms with Crippen molar-refractivity contribution in [1.29, 1.82) is 0 Å². The van der Waals surface area contributed by atoms with Crippen LogP contribution >= 0.6 is 0 Å². The van der Waals surface area contributed by atoms with Crippen molar-refractivity contribution in [2.75, 3.05) is 0 Å². The van der Waals surface area contributed by atoms with E-state index in [0.717, 1.165) is 40.3 Å². The van der Waals surface area contributed by atoms with Gasteiger partial charge in [0.25, 0.3) is 0 Å². The number of furan rings is 1. The predicted octanol–water partition coefficient (Wildman–Crippen LogP) is 4.30. The SMILES string of the molecule is O=C(c1ccc2oc3ccccc3c2c1)C1CC2CCC(C1)N2. The van der Waals surface area contributed by atoms with E-state index in [1.165, 1.54) is 12.8 Å². The number of nitrogens with one attached hydrogen (secondary N) is 1. The minimum atomic E-state index is 0.171. The summed E-state index contributed by atoms with van der Waals surface area (Å²) in [6.45, 7) is 0. The van der Waals surface area contributed by atoms with Crippen molar-refractivity contribution < 1.29 is 9.21 Å². The van der Waals surface area contributed by atoms with Crippen LogP contribution in [0.3, 0.4) is 0 Å². The van der Waals surface area contributed by atoms with Gasteiger partial charge in [-0.2, -0.15) is 0 Å². The zero-order valence-electron chi connectivity index (χ0n) is 12.9. The number of benzene rings is 2. The van der Waals surface area contributed by atoms with Crippen LogP contribution in [0.15, 0.2) is 46.9 Å². The van der Waals surface area contributed by atoms with E-state index in [1.807, 2.05) is 36.4 Å². The highest BCUT2D eigenvalue weighted by Crippen LogP contribution is 2.34. The van der Waals surface area contributed by atoms with Crippen molar-refractivity contribution in [3.63, 3.8) is 0 Å². The third kappa shape index (κ3) is 2.11. The van der Waals surface area contributed by atoms with Crippen LogP contribution in [0.4, 0.5) is 0 Å². The molecule has 2 aromatic carbocycles. The number of Topliss-reactive ketones (excluding diaryl/α,β-unsaturated/α-hetero) is 1. The van der Waals surface area contributed by atoms with E-state index in [1.54, 1.807) is 0 Å². The molecule has 2 saturated heterocycles. The highest BCUT2D eigenvalue weighted by atomic mass is 16.3. The number of hydrogen-bond acceptors (Lipinski definition) is 3. The molecule has 1 aromatic heterocycles. The molecular formula is C20H19NO2. The average Bonchev–Trinajstić information content (AvgIpc) is 3.13. The number of carbonyl (C=O) groups is 1. The number of ketones is 1. The van der Waals surface area contributed by atoms with Crippen molar-refractivity contribution in [2.45, 2.75) is 37.8 Å². The van der Waals surface area contributed by atoms with E-state index < -0.39 is 0 Å². The van der Waals surface area contributed by atoms with Gasteiger partial charge in [-0.15, -0.1) is 0 Å². The van der Waals surface area contributed by atoms with E-state index in [2.05, 4.69) is 11.4 Å². The molecule has 2 aliphatic heterocycles. The van der Waals surface area contributed by atoms with Crippen molar-refractivity contribution in [3.05, 3.63) is 48.0 Å². The Morgan fingerprint density at radius 3 is 2.52 bits per heavy atom. The van der Waals surface area contributed by atoms with Crippen molar-refractivity contribution in [1.82, 2.24) is 5.32 Å². The summed E-state index contributed by atoms with van der Waals surface area (Å²) in [4.78, 5) is 13.0. The lowest BCUT2D eigenvalue weighted by Gasteiger charge is -2.28. The first kappa shape index (κ1) is 13.3. The molecule has 5 rings (SSSR count). The highest BCUT2D eigenvalue weighted by molar-refractivity contribution is 6.08. The minimum Gasteiger partial charge on any atom is -0.456 e. The predicted molar refractivity (Wildman–Crippen MR) is 90.7 cm³/mol. The summed E-state index contributed by atoms with van der Waals surface area (Å²) in [5.74, 6) is 0.472. The lowest BCUT2D eigenvalue weighted by atomic mass is 9.85. The van der Waals surface area contributed by atoms with Crippen LogP contribution in [0.25, 0.3) is 21.9 Å². The van der Waals surface area contributed by atoms with Gasteiger partial charge in [-0.3, -0.25) is 4.79 Å². The fourth-order valence-corrected chi connectivity index (χ4v) is 4.39. The van der Waals surface area contributed by atoms with Crippen molar-refractivity contribution in [3.8, 4) is 0 Å². The second-order valence-electron chi connectivity index (χ2n) is 6.98. The van der Waals surface area contributed by atoms with Gasteiger partial charge in [0.1, 0.15) is 11.2 Å². The maximum atomic E-state index is 13.0. The Bertz CT molecular complexity index is 898. The summed E-state index contributed by atoms with van der Waals surface area (Å²) < 4.78 is 5.86. The lowest BCUT2D eigenvalue weighted by Crippen LogP contribution is -2.40. The Hall–Kier alpha value is -2.13. The molecule has 3 heterocycles. The van der Waals surface area contributed by atoms with E-state index >= 15 is 0 Å². The molecule has 23 heavy (non-hydrogen) atoms. The molecule has 3 heteroatoms. The molecule has 3 nitrogen and oxygen atoms in total. The number of fused-ring (bicyclic) bond motifs is 5. The summed E-state index contributed by atoms with van der Waals surface area (Å²) in [5.41, 5.74) is 2.57. The zero-order chi connectivity index (χ0) is 15.4. The van der Waals surface area contributed by atoms with Crippen LogP contribution in [-0.4, -0.2) is 17.9 Å². The standard InChI is InChI=1S/C20H19NO2/c22-20(13-9-14-6-7-15(10-13)21-14)12-5-8-19-17(11-12)16-3-1-2-4-18(16)23-19/h1-5,8,11,13-15,21H,6-7,9-10H2. The number of hydrogen-bond donors (Lipinski definition) is 1. The largest absolute Gasteiger partial charge is 0.456 e. The van der Waals surface area contributed by atoms with Crippen LogP contribution in [-0.2, 0) is 0 Å². The van der Waals surface area contributed by atoms with Gasteiger partial charge in [0.2, 0.25) is 0 Å². The molecule has 1 N–H and O–H groups in total. The second kappa shape index (κ2) is 4.93. The Morgan fingerprint density at radius 1 is 0.957 bits per heavy atom. The van der Waals surface area contributed by atoms with E-state index in [0.29, 0.717) is 17.9 Å². The van der Waals surface area contributed by atoms with Crippen LogP contribution in [0.5, 0.6) is 0 Å². The molecule has 0 amide bonds. The topological polar surface area (TPSA) is 42.2 Å². The molecule has 2 unspecified atom stereocenters. The first-order chi connectivity index (χ1) is 11.3. The van der Waals surface area contributed by atoms with E-state index in [-0.39, 0.29) is 5.92 Å². The summed E-state index contributed by atoms with van der Waals surface area (Å²) in [7, 11) is 0. The van der Waals surface area contributed by atoms with Gasteiger partial charge in [-0.25, -0.2) is 0 Å². The number of piperidine rings is 1. The molecular weight excluding hydrogens is 286 g/mol. The van der Waals surface area contributed by atoms with Gasteiger partial charge in [-0.05, 0) is 49.9 Å². The van der Waals surface area contributed by atoms with Crippen molar-refractivity contribution in [2.24, 2.45) is 5.92 Å². The molecule has 0 spiro atoms. The highest BCUT2D eigenvalue weighted by Gasteiger charge is 2.36. The normalized spacial score (nSPS) is 26.9. The van der Waals surface area contributed by atoms with Crippen molar-refractivity contribution >= 4 is 27.7 Å². The monoisotopic (exact) mass is 305 g/mol. The third-order valence-corrected chi connectivity index (χ3v) is 5.51. The molecule has 0 aliphatic carbocycles. The summed E-state index contributed by atoms with van der Waals surface area (Å²) in [5, 5.41) is 5.74. The molecule has 2 bridgehead atoms. The van der Waals surface area contributed by atoms with Crippen LogP contribution < -0.4 is 5.32 Å². The fraction of sp³-hybridized carbons (Fsp3) is 0.350. The molecule has 2 atom stereocenters. The lowest BCUT2D eigenvalue weighted by molar-refractivity contribution is 0.0876.